The van der Waals surface area contributed by atoms with Crippen LogP contribution in [0.1, 0.15) is 71.6 Å². The highest BCUT2D eigenvalue weighted by molar-refractivity contribution is 7.20. The van der Waals surface area contributed by atoms with E-state index in [0.29, 0.717) is 22.2 Å². The summed E-state index contributed by atoms with van der Waals surface area (Å²) >= 11 is 2.60. The van der Waals surface area contributed by atoms with Gasteiger partial charge in [-0.25, -0.2) is 4.98 Å². The number of rotatable bonds is 7. The molecule has 1 aromatic carbocycles. The number of amides is 1. The Kier molecular flexibility index (Phi) is 7.26. The Bertz CT molecular complexity index is 1400. The summed E-state index contributed by atoms with van der Waals surface area (Å²) < 4.78 is 3.78. The third-order valence-corrected chi connectivity index (χ3v) is 8.68. The molecule has 3 heterocycles. The molecule has 5 N–H and O–H groups in total. The first-order chi connectivity index (χ1) is 17.7. The van der Waals surface area contributed by atoms with Gasteiger partial charge in [0, 0.05) is 28.7 Å². The summed E-state index contributed by atoms with van der Waals surface area (Å²) in [5.74, 6) is 0.464. The van der Waals surface area contributed by atoms with Crippen LogP contribution in [0.15, 0.2) is 41.8 Å². The fourth-order valence-corrected chi connectivity index (χ4v) is 6.26. The highest BCUT2D eigenvalue weighted by Gasteiger charge is 2.30. The molecule has 1 aliphatic carbocycles. The number of pyridine rings is 1. The molecule has 1 unspecified atom stereocenters. The van der Waals surface area contributed by atoms with Gasteiger partial charge in [-0.1, -0.05) is 37.4 Å². The Hall–Kier alpha value is -2.92. The molecule has 8 nitrogen and oxygen atoms in total. The first kappa shape index (κ1) is 25.7. The number of carbonyl (C=O) groups is 1. The maximum atomic E-state index is 13.2. The zero-order valence-corrected chi connectivity index (χ0v) is 22.8. The van der Waals surface area contributed by atoms with E-state index in [4.69, 9.17) is 10.7 Å². The van der Waals surface area contributed by atoms with Crippen LogP contribution < -0.4 is 16.4 Å². The Morgan fingerprint density at radius 2 is 2.11 bits per heavy atom. The van der Waals surface area contributed by atoms with Gasteiger partial charge in [0.2, 0.25) is 0 Å². The topological polar surface area (TPSA) is 126 Å². The van der Waals surface area contributed by atoms with Gasteiger partial charge in [0.15, 0.2) is 6.23 Å². The van der Waals surface area contributed by atoms with Crippen molar-refractivity contribution in [2.45, 2.75) is 52.3 Å². The number of aromatic nitrogens is 3. The molecule has 37 heavy (non-hydrogen) atoms. The number of hydrogen-bond acceptors (Lipinski definition) is 9. The summed E-state index contributed by atoms with van der Waals surface area (Å²) in [5, 5.41) is 23.0. The molecule has 0 bridgehead atoms. The number of nitrogens with one attached hydrogen (secondary N) is 2. The second kappa shape index (κ2) is 10.4. The molecule has 0 saturated carbocycles. The molecule has 3 atom stereocenters. The van der Waals surface area contributed by atoms with Crippen molar-refractivity contribution in [3.05, 3.63) is 69.2 Å². The SMILES string of the molecule is CC(C)(C)[C@@H]1CCc2nc3sc(C(=O)N[C@H](CN)c4cccc(NC(O)c5csnn5)c4)cc3cc2C1. The standard InChI is InChI=1S/C27H32N6O2S2/c1-27(2,3)18-7-8-20-16(10-18)9-17-12-23(37-26(17)31-20)25(35)30-21(13-28)15-5-4-6-19(11-15)29-24(34)22-14-36-33-32-22/h4-6,9,11-12,14,18,21,24,29,34H,7-8,10,13,28H2,1-3H3,(H,30,35)/t18-,21-,24?/m1/s1. The van der Waals surface area contributed by atoms with Crippen LogP contribution in [-0.4, -0.2) is 32.1 Å². The molecule has 0 fully saturated rings. The van der Waals surface area contributed by atoms with E-state index in [9.17, 15) is 9.90 Å². The lowest BCUT2D eigenvalue weighted by molar-refractivity contribution is 0.0942. The molecule has 0 spiro atoms. The average Bonchev–Trinajstić information content (AvgIpc) is 3.55. The number of nitrogens with two attached hydrogens (primary N) is 1. The number of hydrogen-bond donors (Lipinski definition) is 4. The van der Waals surface area contributed by atoms with Crippen molar-refractivity contribution in [1.29, 1.82) is 0 Å². The lowest BCUT2D eigenvalue weighted by Crippen LogP contribution is -2.33. The third kappa shape index (κ3) is 5.67. The van der Waals surface area contributed by atoms with Crippen molar-refractivity contribution >= 4 is 44.7 Å². The van der Waals surface area contributed by atoms with Crippen molar-refractivity contribution in [2.24, 2.45) is 17.1 Å². The number of aliphatic hydroxyl groups excluding tert-OH is 1. The van der Waals surface area contributed by atoms with Gasteiger partial charge < -0.3 is 21.5 Å². The summed E-state index contributed by atoms with van der Waals surface area (Å²) in [5.41, 5.74) is 10.8. The summed E-state index contributed by atoms with van der Waals surface area (Å²) in [4.78, 5) is 19.7. The van der Waals surface area contributed by atoms with Crippen LogP contribution in [0, 0.1) is 11.3 Å². The summed E-state index contributed by atoms with van der Waals surface area (Å²) in [6.07, 6.45) is 2.19. The molecule has 4 aromatic rings. The Labute approximate surface area is 224 Å². The molecule has 3 aromatic heterocycles. The molecule has 5 rings (SSSR count). The quantitative estimate of drug-likeness (QED) is 0.249. The molecule has 10 heteroatoms. The maximum Gasteiger partial charge on any atom is 0.261 e. The van der Waals surface area contributed by atoms with Gasteiger partial charge in [-0.2, -0.15) is 0 Å². The van der Waals surface area contributed by atoms with Crippen molar-refractivity contribution in [3.63, 3.8) is 0 Å². The van der Waals surface area contributed by atoms with E-state index in [1.807, 2.05) is 30.3 Å². The highest BCUT2D eigenvalue weighted by Crippen LogP contribution is 2.38. The van der Waals surface area contributed by atoms with Crippen LogP contribution in [0.3, 0.4) is 0 Å². The van der Waals surface area contributed by atoms with Gasteiger partial charge in [-0.05, 0) is 77.5 Å². The number of carbonyl (C=O) groups excluding carboxylic acids is 1. The number of fused-ring (bicyclic) bond motifs is 2. The lowest BCUT2D eigenvalue weighted by atomic mass is 9.71. The zero-order valence-electron chi connectivity index (χ0n) is 21.2. The lowest BCUT2D eigenvalue weighted by Gasteiger charge is -2.34. The second-order valence-electron chi connectivity index (χ2n) is 10.7. The monoisotopic (exact) mass is 536 g/mol. The number of nitrogens with zero attached hydrogens (tertiary/aromatic N) is 3. The van der Waals surface area contributed by atoms with E-state index < -0.39 is 6.23 Å². The van der Waals surface area contributed by atoms with Gasteiger partial charge >= 0.3 is 0 Å². The van der Waals surface area contributed by atoms with Crippen molar-refractivity contribution in [1.82, 2.24) is 19.9 Å². The molecule has 0 radical (unpaired) electrons. The Balaban J connectivity index is 1.31. The molecule has 1 aliphatic rings. The van der Waals surface area contributed by atoms with Gasteiger partial charge in [0.05, 0.1) is 10.9 Å². The van der Waals surface area contributed by atoms with E-state index in [1.165, 1.54) is 34.1 Å². The van der Waals surface area contributed by atoms with E-state index in [1.54, 1.807) is 5.38 Å². The molecule has 1 amide bonds. The normalized spacial score (nSPS) is 17.3. The van der Waals surface area contributed by atoms with Crippen LogP contribution in [0.4, 0.5) is 5.69 Å². The first-order valence-corrected chi connectivity index (χ1v) is 14.1. The minimum absolute atomic E-state index is 0.170. The predicted octanol–water partition coefficient (Wildman–Crippen LogP) is 4.83. The van der Waals surface area contributed by atoms with Crippen molar-refractivity contribution in [3.8, 4) is 0 Å². The summed E-state index contributed by atoms with van der Waals surface area (Å²) in [7, 11) is 0. The third-order valence-electron chi connectivity index (χ3n) is 7.11. The van der Waals surface area contributed by atoms with Gasteiger partial charge in [-0.15, -0.1) is 16.4 Å². The first-order valence-electron chi connectivity index (χ1n) is 12.5. The molecule has 194 valence electrons. The van der Waals surface area contributed by atoms with Crippen molar-refractivity contribution < 1.29 is 9.90 Å². The fraction of sp³-hybridized carbons (Fsp3) is 0.407. The van der Waals surface area contributed by atoms with Crippen LogP contribution in [0.2, 0.25) is 0 Å². The Morgan fingerprint density at radius 1 is 1.27 bits per heavy atom. The minimum Gasteiger partial charge on any atom is -0.368 e. The second-order valence-corrected chi connectivity index (χ2v) is 12.3. The van der Waals surface area contributed by atoms with Crippen LogP contribution in [0.25, 0.3) is 10.2 Å². The molecular weight excluding hydrogens is 504 g/mol. The highest BCUT2D eigenvalue weighted by atomic mass is 32.1. The van der Waals surface area contributed by atoms with Gasteiger partial charge in [-0.3, -0.25) is 4.79 Å². The summed E-state index contributed by atoms with van der Waals surface area (Å²) in [6, 6.07) is 11.3. The molecule has 0 aliphatic heterocycles. The minimum atomic E-state index is -0.976. The van der Waals surface area contributed by atoms with Gasteiger partial charge in [0.25, 0.3) is 5.91 Å². The van der Waals surface area contributed by atoms with E-state index in [-0.39, 0.29) is 23.9 Å². The zero-order chi connectivity index (χ0) is 26.2. The van der Waals surface area contributed by atoms with Crippen LogP contribution in [0.5, 0.6) is 0 Å². The van der Waals surface area contributed by atoms with Crippen LogP contribution >= 0.6 is 22.9 Å². The van der Waals surface area contributed by atoms with Crippen molar-refractivity contribution in [2.75, 3.05) is 11.9 Å². The summed E-state index contributed by atoms with van der Waals surface area (Å²) in [6.45, 7) is 7.16. The largest absolute Gasteiger partial charge is 0.368 e. The van der Waals surface area contributed by atoms with E-state index in [2.05, 4.69) is 47.1 Å². The van der Waals surface area contributed by atoms with Crippen LogP contribution in [-0.2, 0) is 12.8 Å². The fourth-order valence-electron chi connectivity index (χ4n) is 4.85. The number of thiophene rings is 1. The smallest absolute Gasteiger partial charge is 0.261 e. The maximum absolute atomic E-state index is 13.2. The molecular formula is C27H32N6O2S2. The number of aryl methyl sites for hydroxylation is 1. The number of anilines is 1. The number of aliphatic hydroxyl groups is 1. The average molecular weight is 537 g/mol. The predicted molar refractivity (Wildman–Crippen MR) is 149 cm³/mol. The molecule has 0 saturated heterocycles. The van der Waals surface area contributed by atoms with E-state index in [0.717, 1.165) is 35.0 Å². The van der Waals surface area contributed by atoms with Gasteiger partial charge in [0.1, 0.15) is 10.5 Å². The van der Waals surface area contributed by atoms with E-state index >= 15 is 0 Å². The Morgan fingerprint density at radius 3 is 2.84 bits per heavy atom. The number of benzene rings is 1.